The summed E-state index contributed by atoms with van der Waals surface area (Å²) in [5, 5.41) is 0. The van der Waals surface area contributed by atoms with Crippen LogP contribution in [0.3, 0.4) is 0 Å². The van der Waals surface area contributed by atoms with Gasteiger partial charge >= 0.3 is 0 Å². The van der Waals surface area contributed by atoms with Crippen LogP contribution in [0.5, 0.6) is 0 Å². The molecule has 4 aliphatic rings. The Labute approximate surface area is 342 Å². The van der Waals surface area contributed by atoms with Gasteiger partial charge in [-0.1, -0.05) is 191 Å². The average Bonchev–Trinajstić information content (AvgIpc) is 3.48. The molecule has 286 valence electrons. The molecule has 0 N–H and O–H groups in total. The van der Waals surface area contributed by atoms with Crippen LogP contribution in [-0.4, -0.2) is 6.71 Å². The predicted octanol–water partition coefficient (Wildman–Crippen LogP) is 11.9. The van der Waals surface area contributed by atoms with Crippen LogP contribution >= 0.6 is 0 Å². The van der Waals surface area contributed by atoms with Crippen LogP contribution in [0.2, 0.25) is 0 Å². The van der Waals surface area contributed by atoms with Crippen LogP contribution in [0.4, 0.5) is 17.1 Å². The van der Waals surface area contributed by atoms with E-state index >= 15 is 0 Å². The summed E-state index contributed by atoms with van der Waals surface area (Å²) in [6, 6.07) is 50.1. The van der Waals surface area contributed by atoms with E-state index in [0.717, 1.165) is 12.8 Å². The van der Waals surface area contributed by atoms with Crippen molar-refractivity contribution in [2.24, 2.45) is 0 Å². The van der Waals surface area contributed by atoms with Crippen molar-refractivity contribution in [1.29, 1.82) is 0 Å². The topological polar surface area (TPSA) is 3.24 Å². The first-order valence-corrected chi connectivity index (χ1v) is 21.4. The third kappa shape index (κ3) is 4.95. The van der Waals surface area contributed by atoms with E-state index < -0.39 is 5.41 Å². The maximum atomic E-state index is 2.73. The summed E-state index contributed by atoms with van der Waals surface area (Å²) in [7, 11) is 0. The number of hydrogen-bond donors (Lipinski definition) is 0. The van der Waals surface area contributed by atoms with Crippen molar-refractivity contribution in [3.8, 4) is 0 Å². The molecule has 1 nitrogen and oxygen atoms in total. The van der Waals surface area contributed by atoms with Crippen LogP contribution in [0.15, 0.2) is 127 Å². The van der Waals surface area contributed by atoms with Crippen LogP contribution in [-0.2, 0) is 32.5 Å². The maximum absolute atomic E-state index is 2.73. The quantitative estimate of drug-likeness (QED) is 0.163. The Kier molecular flexibility index (Phi) is 7.47. The third-order valence-corrected chi connectivity index (χ3v) is 14.7. The Morgan fingerprint density at radius 1 is 0.456 bits per heavy atom. The van der Waals surface area contributed by atoms with Gasteiger partial charge in [-0.2, -0.15) is 0 Å². The molecule has 0 unspecified atom stereocenters. The molecular weight excluding hydrogens is 685 g/mol. The number of nitrogens with zero attached hydrogens (tertiary/aromatic N) is 1. The number of anilines is 3. The van der Waals surface area contributed by atoms with Gasteiger partial charge in [0, 0.05) is 11.4 Å². The van der Waals surface area contributed by atoms with Crippen molar-refractivity contribution >= 4 is 40.2 Å². The van der Waals surface area contributed by atoms with Gasteiger partial charge in [-0.25, -0.2) is 0 Å². The molecule has 0 radical (unpaired) electrons. The summed E-state index contributed by atoms with van der Waals surface area (Å²) in [4.78, 5) is 2.73. The Morgan fingerprint density at radius 2 is 1.00 bits per heavy atom. The Hall–Kier alpha value is -4.82. The normalized spacial score (nSPS) is 19.6. The van der Waals surface area contributed by atoms with E-state index in [-0.39, 0.29) is 33.8 Å². The van der Waals surface area contributed by atoms with Gasteiger partial charge in [-0.3, -0.25) is 0 Å². The highest BCUT2D eigenvalue weighted by atomic mass is 15.2. The molecule has 2 aliphatic carbocycles. The minimum Gasteiger partial charge on any atom is -0.311 e. The summed E-state index contributed by atoms with van der Waals surface area (Å²) < 4.78 is 0. The van der Waals surface area contributed by atoms with Gasteiger partial charge in [0.15, 0.2) is 0 Å². The highest BCUT2D eigenvalue weighted by Gasteiger charge is 2.54. The van der Waals surface area contributed by atoms with E-state index in [2.05, 4.69) is 208 Å². The summed E-state index contributed by atoms with van der Waals surface area (Å²) >= 11 is 0. The number of fused-ring (bicyclic) bond motifs is 6. The van der Waals surface area contributed by atoms with E-state index in [1.807, 2.05) is 0 Å². The maximum Gasteiger partial charge on any atom is 0.247 e. The van der Waals surface area contributed by atoms with E-state index in [1.165, 1.54) is 83.5 Å². The molecular formula is C55H58BN. The molecule has 2 heteroatoms. The lowest BCUT2D eigenvalue weighted by Crippen LogP contribution is -2.65. The van der Waals surface area contributed by atoms with E-state index in [1.54, 1.807) is 0 Å². The average molecular weight is 744 g/mol. The van der Waals surface area contributed by atoms with Gasteiger partial charge in [-0.05, 0) is 119 Å². The third-order valence-electron chi connectivity index (χ3n) is 14.7. The number of benzene rings is 6. The van der Waals surface area contributed by atoms with Crippen molar-refractivity contribution in [2.75, 3.05) is 4.90 Å². The molecule has 57 heavy (non-hydrogen) atoms. The largest absolute Gasteiger partial charge is 0.311 e. The van der Waals surface area contributed by atoms with Crippen molar-refractivity contribution in [3.63, 3.8) is 0 Å². The fourth-order valence-corrected chi connectivity index (χ4v) is 12.9. The Bertz CT molecular complexity index is 2580. The second-order valence-corrected chi connectivity index (χ2v) is 21.6. The first-order chi connectivity index (χ1) is 26.9. The molecule has 0 amide bonds. The van der Waals surface area contributed by atoms with E-state index in [0.29, 0.717) is 0 Å². The minimum absolute atomic E-state index is 0.00651. The summed E-state index contributed by atoms with van der Waals surface area (Å²) in [6.07, 6.45) is 2.26. The zero-order valence-corrected chi connectivity index (χ0v) is 36.1. The second kappa shape index (κ2) is 11.7. The fourth-order valence-electron chi connectivity index (χ4n) is 12.9. The molecule has 6 aromatic carbocycles. The summed E-state index contributed by atoms with van der Waals surface area (Å²) in [5.74, 6) is 0. The van der Waals surface area contributed by atoms with Gasteiger partial charge in [0.2, 0.25) is 6.71 Å². The van der Waals surface area contributed by atoms with Gasteiger partial charge in [0.1, 0.15) is 0 Å². The molecule has 6 aromatic rings. The lowest BCUT2D eigenvalue weighted by atomic mass is 9.29. The molecule has 0 spiro atoms. The standard InChI is InChI=1S/C55H58BN/c1-50(2,3)37-28-29-38-43(30-37)56-44-31-41-42(53(8,9)33-52(41,6)7)32-47(44)57(45-26-18-24-39-48(45)54(10,11)34-51(39,4)5)46-27-19-25-40(49(46)56)55(38,35-20-14-12-15-21-35)36-22-16-13-17-23-36/h12-32H,33-34H2,1-11H3. The van der Waals surface area contributed by atoms with Crippen molar-refractivity contribution in [3.05, 3.63) is 177 Å². The zero-order valence-electron chi connectivity index (χ0n) is 36.1. The monoisotopic (exact) mass is 743 g/mol. The van der Waals surface area contributed by atoms with Crippen molar-refractivity contribution in [2.45, 2.75) is 121 Å². The lowest BCUT2D eigenvalue weighted by Gasteiger charge is -2.49. The van der Waals surface area contributed by atoms with Crippen LogP contribution in [0, 0.1) is 0 Å². The minimum atomic E-state index is -0.517. The zero-order chi connectivity index (χ0) is 40.1. The lowest BCUT2D eigenvalue weighted by molar-refractivity contribution is 0.402. The molecule has 0 saturated carbocycles. The van der Waals surface area contributed by atoms with E-state index in [4.69, 9.17) is 0 Å². The molecule has 0 bridgehead atoms. The molecule has 10 rings (SSSR count). The smallest absolute Gasteiger partial charge is 0.247 e. The molecule has 0 atom stereocenters. The van der Waals surface area contributed by atoms with Crippen molar-refractivity contribution in [1.82, 2.24) is 0 Å². The van der Waals surface area contributed by atoms with Gasteiger partial charge in [-0.15, -0.1) is 0 Å². The summed E-state index contributed by atoms with van der Waals surface area (Å²) in [5.41, 5.74) is 20.9. The molecule has 0 fully saturated rings. The second-order valence-electron chi connectivity index (χ2n) is 21.6. The Morgan fingerprint density at radius 3 is 1.61 bits per heavy atom. The molecule has 2 aliphatic heterocycles. The molecule has 2 heterocycles. The highest BCUT2D eigenvalue weighted by Crippen LogP contribution is 2.57. The van der Waals surface area contributed by atoms with E-state index in [9.17, 15) is 0 Å². The molecule has 0 saturated heterocycles. The number of rotatable bonds is 3. The fraction of sp³-hybridized carbons (Fsp3) is 0.345. The van der Waals surface area contributed by atoms with Gasteiger partial charge in [0.25, 0.3) is 0 Å². The highest BCUT2D eigenvalue weighted by molar-refractivity contribution is 6.99. The van der Waals surface area contributed by atoms with Crippen LogP contribution in [0.25, 0.3) is 0 Å². The van der Waals surface area contributed by atoms with Gasteiger partial charge in [0.05, 0.1) is 11.1 Å². The first kappa shape index (κ1) is 36.5. The molecule has 0 aromatic heterocycles. The van der Waals surface area contributed by atoms with Crippen molar-refractivity contribution < 1.29 is 0 Å². The summed E-state index contributed by atoms with van der Waals surface area (Å²) in [6.45, 7) is 26.9. The Balaban J connectivity index is 1.40. The van der Waals surface area contributed by atoms with Gasteiger partial charge < -0.3 is 4.90 Å². The van der Waals surface area contributed by atoms with Crippen LogP contribution in [0.1, 0.15) is 139 Å². The van der Waals surface area contributed by atoms with Crippen LogP contribution < -0.4 is 21.3 Å². The first-order valence-electron chi connectivity index (χ1n) is 21.4. The SMILES string of the molecule is CC(C)(C)c1ccc2c(c1)B1c3cc4c(cc3N(c3cccc5c3C(C)(C)CC5(C)C)c3cccc(c31)C2(c1ccccc1)c1ccccc1)C(C)(C)CC4(C)C. The predicted molar refractivity (Wildman–Crippen MR) is 244 cm³/mol. The number of hydrogen-bond acceptors (Lipinski definition) is 1.